The average Bonchev–Trinajstić information content (AvgIpc) is 3.44. The van der Waals surface area contributed by atoms with Gasteiger partial charge in [0.25, 0.3) is 0 Å². The lowest BCUT2D eigenvalue weighted by Crippen LogP contribution is -2.56. The molecule has 0 amide bonds. The molecule has 2 N–H and O–H groups in total. The largest absolute Gasteiger partial charge is 0.379 e. The Balaban J connectivity index is 0.00000272. The second-order valence-electron chi connectivity index (χ2n) is 8.21. The summed E-state index contributed by atoms with van der Waals surface area (Å²) in [5.41, 5.74) is 0.135. The van der Waals surface area contributed by atoms with Gasteiger partial charge in [-0.3, -0.25) is 9.89 Å². The molecule has 3 aliphatic rings. The van der Waals surface area contributed by atoms with Crippen LogP contribution in [0.2, 0.25) is 0 Å². The number of guanidine groups is 1. The Bertz CT molecular complexity index is 730. The Morgan fingerprint density at radius 2 is 2.23 bits per heavy atom. The first-order chi connectivity index (χ1) is 14.7. The van der Waals surface area contributed by atoms with E-state index in [1.54, 1.807) is 12.3 Å². The number of hydrogen-bond acceptors (Lipinski definition) is 6. The SMILES string of the molecule is CCNC(=NCC1(N2CCOCC2)CCSC1)NC1CCN(c2ncccc2F)C1.I. The van der Waals surface area contributed by atoms with Gasteiger partial charge in [-0.05, 0) is 37.7 Å². The van der Waals surface area contributed by atoms with Gasteiger partial charge in [-0.25, -0.2) is 9.37 Å². The third-order valence-corrected chi connectivity index (χ3v) is 7.44. The zero-order valence-electron chi connectivity index (χ0n) is 18.2. The highest BCUT2D eigenvalue weighted by molar-refractivity contribution is 14.0. The third-order valence-electron chi connectivity index (χ3n) is 6.21. The fraction of sp³-hybridized carbons (Fsp3) is 0.714. The van der Waals surface area contributed by atoms with Crippen molar-refractivity contribution in [3.63, 3.8) is 0 Å². The lowest BCUT2D eigenvalue weighted by Gasteiger charge is -2.42. The van der Waals surface area contributed by atoms with Gasteiger partial charge in [-0.15, -0.1) is 24.0 Å². The van der Waals surface area contributed by atoms with E-state index in [2.05, 4.69) is 27.4 Å². The zero-order valence-corrected chi connectivity index (χ0v) is 21.3. The van der Waals surface area contributed by atoms with Crippen molar-refractivity contribution in [3.8, 4) is 0 Å². The summed E-state index contributed by atoms with van der Waals surface area (Å²) in [5.74, 6) is 3.37. The summed E-state index contributed by atoms with van der Waals surface area (Å²) in [5, 5.41) is 6.98. The Morgan fingerprint density at radius 3 is 2.94 bits per heavy atom. The molecule has 4 heterocycles. The molecule has 3 aliphatic heterocycles. The first kappa shape index (κ1) is 24.8. The van der Waals surface area contributed by atoms with Crippen LogP contribution in [-0.4, -0.2) is 91.4 Å². The molecule has 0 radical (unpaired) electrons. The highest BCUT2D eigenvalue weighted by atomic mass is 127. The van der Waals surface area contributed by atoms with Gasteiger partial charge in [0.05, 0.1) is 25.3 Å². The van der Waals surface area contributed by atoms with Crippen LogP contribution in [0.15, 0.2) is 23.3 Å². The Kier molecular flexibility index (Phi) is 9.47. The summed E-state index contributed by atoms with van der Waals surface area (Å²) < 4.78 is 19.7. The molecular weight excluding hydrogens is 530 g/mol. The molecule has 31 heavy (non-hydrogen) atoms. The summed E-state index contributed by atoms with van der Waals surface area (Å²) in [4.78, 5) is 13.8. The van der Waals surface area contributed by atoms with Crippen LogP contribution in [0, 0.1) is 5.82 Å². The maximum atomic E-state index is 14.1. The Labute approximate surface area is 206 Å². The number of thioether (sulfide) groups is 1. The van der Waals surface area contributed by atoms with Crippen LogP contribution in [0.4, 0.5) is 10.2 Å². The maximum Gasteiger partial charge on any atom is 0.191 e. The molecule has 2 unspecified atom stereocenters. The highest BCUT2D eigenvalue weighted by Gasteiger charge is 2.40. The number of nitrogens with one attached hydrogen (secondary N) is 2. The van der Waals surface area contributed by atoms with E-state index in [9.17, 15) is 4.39 Å². The number of halogens is 2. The molecule has 3 fully saturated rings. The van der Waals surface area contributed by atoms with Gasteiger partial charge in [0.2, 0.25) is 0 Å². The van der Waals surface area contributed by atoms with E-state index in [1.807, 2.05) is 16.7 Å². The Morgan fingerprint density at radius 1 is 1.39 bits per heavy atom. The number of morpholine rings is 1. The molecule has 0 aliphatic carbocycles. The van der Waals surface area contributed by atoms with Crippen molar-refractivity contribution in [1.82, 2.24) is 20.5 Å². The van der Waals surface area contributed by atoms with Gasteiger partial charge in [0, 0.05) is 50.7 Å². The molecule has 3 saturated heterocycles. The molecule has 174 valence electrons. The monoisotopic (exact) mass is 564 g/mol. The topological polar surface area (TPSA) is 65.0 Å². The van der Waals surface area contributed by atoms with E-state index in [1.165, 1.54) is 18.2 Å². The van der Waals surface area contributed by atoms with Crippen LogP contribution in [-0.2, 0) is 4.74 Å². The molecule has 0 bridgehead atoms. The summed E-state index contributed by atoms with van der Waals surface area (Å²) in [6, 6.07) is 3.33. The highest BCUT2D eigenvalue weighted by Crippen LogP contribution is 2.34. The second kappa shape index (κ2) is 11.9. The van der Waals surface area contributed by atoms with E-state index in [0.29, 0.717) is 5.82 Å². The number of pyridine rings is 1. The average molecular weight is 565 g/mol. The fourth-order valence-electron chi connectivity index (χ4n) is 4.53. The van der Waals surface area contributed by atoms with E-state index in [0.717, 1.165) is 70.6 Å². The second-order valence-corrected chi connectivity index (χ2v) is 9.31. The van der Waals surface area contributed by atoms with Crippen molar-refractivity contribution in [2.75, 3.05) is 68.9 Å². The van der Waals surface area contributed by atoms with Crippen LogP contribution < -0.4 is 15.5 Å². The van der Waals surface area contributed by atoms with Gasteiger partial charge in [-0.2, -0.15) is 11.8 Å². The molecule has 2 atom stereocenters. The van der Waals surface area contributed by atoms with Crippen LogP contribution in [0.1, 0.15) is 19.8 Å². The van der Waals surface area contributed by atoms with Crippen molar-refractivity contribution in [1.29, 1.82) is 0 Å². The van der Waals surface area contributed by atoms with Crippen molar-refractivity contribution in [2.24, 2.45) is 4.99 Å². The first-order valence-corrected chi connectivity index (χ1v) is 12.2. The molecule has 0 aromatic carbocycles. The molecule has 4 rings (SSSR count). The van der Waals surface area contributed by atoms with Crippen molar-refractivity contribution < 1.29 is 9.13 Å². The first-order valence-electron chi connectivity index (χ1n) is 11.0. The fourth-order valence-corrected chi connectivity index (χ4v) is 6.00. The third kappa shape index (κ3) is 6.14. The minimum absolute atomic E-state index is 0. The number of nitrogens with zero attached hydrogens (tertiary/aromatic N) is 4. The van der Waals surface area contributed by atoms with Crippen LogP contribution in [0.3, 0.4) is 0 Å². The Hall–Kier alpha value is -0.850. The predicted octanol–water partition coefficient (Wildman–Crippen LogP) is 2.18. The summed E-state index contributed by atoms with van der Waals surface area (Å²) in [6.07, 6.45) is 3.76. The van der Waals surface area contributed by atoms with Gasteiger partial charge < -0.3 is 20.3 Å². The van der Waals surface area contributed by atoms with E-state index in [4.69, 9.17) is 9.73 Å². The number of anilines is 1. The minimum atomic E-state index is -0.259. The van der Waals surface area contributed by atoms with E-state index >= 15 is 0 Å². The van der Waals surface area contributed by atoms with Crippen LogP contribution in [0.25, 0.3) is 0 Å². The van der Waals surface area contributed by atoms with Gasteiger partial charge in [0.15, 0.2) is 17.6 Å². The molecule has 10 heteroatoms. The number of ether oxygens (including phenoxy) is 1. The minimum Gasteiger partial charge on any atom is -0.379 e. The summed E-state index contributed by atoms with van der Waals surface area (Å²) >= 11 is 2.03. The lowest BCUT2D eigenvalue weighted by atomic mass is 9.96. The number of aliphatic imine (C=N–C) groups is 1. The molecular formula is C21H34FIN6OS. The zero-order chi connectivity index (χ0) is 20.8. The van der Waals surface area contributed by atoms with Gasteiger partial charge >= 0.3 is 0 Å². The van der Waals surface area contributed by atoms with Crippen LogP contribution in [0.5, 0.6) is 0 Å². The van der Waals surface area contributed by atoms with Gasteiger partial charge in [0.1, 0.15) is 0 Å². The molecule has 7 nitrogen and oxygen atoms in total. The number of aromatic nitrogens is 1. The van der Waals surface area contributed by atoms with Crippen molar-refractivity contribution in [3.05, 3.63) is 24.1 Å². The smallest absolute Gasteiger partial charge is 0.191 e. The number of hydrogen-bond donors (Lipinski definition) is 2. The summed E-state index contributed by atoms with van der Waals surface area (Å²) in [7, 11) is 0. The molecule has 0 spiro atoms. The van der Waals surface area contributed by atoms with E-state index in [-0.39, 0.29) is 41.4 Å². The molecule has 0 saturated carbocycles. The summed E-state index contributed by atoms with van der Waals surface area (Å²) in [6.45, 7) is 8.83. The standard InChI is InChI=1S/C21H33FN6OS.HI/c1-2-23-20(25-15-21(6-13-30-16-21)28-9-11-29-12-10-28)26-17-5-8-27(14-17)19-18(22)4-3-7-24-19;/h3-4,7,17H,2,5-6,8-16H2,1H3,(H2,23,25,26);1H. The molecule has 1 aromatic rings. The number of rotatable bonds is 6. The van der Waals surface area contributed by atoms with Crippen molar-refractivity contribution >= 4 is 47.5 Å². The van der Waals surface area contributed by atoms with Crippen LogP contribution >= 0.6 is 35.7 Å². The van der Waals surface area contributed by atoms with E-state index < -0.39 is 0 Å². The predicted molar refractivity (Wildman–Crippen MR) is 136 cm³/mol. The molecule has 1 aromatic heterocycles. The van der Waals surface area contributed by atoms with Crippen molar-refractivity contribution in [2.45, 2.75) is 31.3 Å². The quantitative estimate of drug-likeness (QED) is 0.312. The lowest BCUT2D eigenvalue weighted by molar-refractivity contribution is -0.0104. The van der Waals surface area contributed by atoms with Gasteiger partial charge in [-0.1, -0.05) is 0 Å². The normalized spacial score (nSPS) is 27.2. The maximum absolute atomic E-state index is 14.1.